The number of ether oxygens (including phenoxy) is 2. The van der Waals surface area contributed by atoms with E-state index >= 15 is 0 Å². The maximum absolute atomic E-state index is 9.72. The fourth-order valence-corrected chi connectivity index (χ4v) is 2.19. The number of nitrogens with one attached hydrogen (secondary N) is 1. The first-order chi connectivity index (χ1) is 10.6. The predicted molar refractivity (Wildman–Crippen MR) is 84.7 cm³/mol. The monoisotopic (exact) mass is 303 g/mol. The maximum Gasteiger partial charge on any atom is 0.160 e. The van der Waals surface area contributed by atoms with E-state index in [-0.39, 0.29) is 11.5 Å². The lowest BCUT2D eigenvalue weighted by molar-refractivity contribution is 0.372. The van der Waals surface area contributed by atoms with Crippen molar-refractivity contribution < 1.29 is 19.7 Å². The van der Waals surface area contributed by atoms with Crippen molar-refractivity contribution in [2.24, 2.45) is 0 Å². The van der Waals surface area contributed by atoms with Crippen molar-refractivity contribution >= 4 is 0 Å². The summed E-state index contributed by atoms with van der Waals surface area (Å²) >= 11 is 0. The molecule has 0 atom stereocenters. The third kappa shape index (κ3) is 4.05. The van der Waals surface area contributed by atoms with Crippen molar-refractivity contribution in [2.75, 3.05) is 20.8 Å². The van der Waals surface area contributed by atoms with Gasteiger partial charge in [-0.15, -0.1) is 0 Å². The molecule has 5 heteroatoms. The molecule has 0 bridgehead atoms. The van der Waals surface area contributed by atoms with Gasteiger partial charge in [0.15, 0.2) is 23.0 Å². The molecular weight excluding hydrogens is 282 g/mol. The third-order valence-electron chi connectivity index (χ3n) is 3.41. The van der Waals surface area contributed by atoms with Crippen LogP contribution in [0.2, 0.25) is 0 Å². The zero-order valence-corrected chi connectivity index (χ0v) is 12.8. The van der Waals surface area contributed by atoms with E-state index in [1.807, 2.05) is 18.2 Å². The molecule has 2 rings (SSSR count). The van der Waals surface area contributed by atoms with Crippen LogP contribution in [0.4, 0.5) is 0 Å². The van der Waals surface area contributed by atoms with Crippen molar-refractivity contribution in [3.05, 3.63) is 47.5 Å². The number of benzene rings is 2. The van der Waals surface area contributed by atoms with Crippen molar-refractivity contribution in [3.63, 3.8) is 0 Å². The molecule has 0 heterocycles. The van der Waals surface area contributed by atoms with Gasteiger partial charge in [-0.25, -0.2) is 0 Å². The molecule has 5 nitrogen and oxygen atoms in total. The Morgan fingerprint density at radius 2 is 1.59 bits per heavy atom. The minimum Gasteiger partial charge on any atom is -0.504 e. The number of methoxy groups -OCH3 is 2. The largest absolute Gasteiger partial charge is 0.504 e. The third-order valence-corrected chi connectivity index (χ3v) is 3.41. The van der Waals surface area contributed by atoms with Crippen LogP contribution in [0.3, 0.4) is 0 Å². The van der Waals surface area contributed by atoms with Crippen LogP contribution in [0.5, 0.6) is 23.0 Å². The average molecular weight is 303 g/mol. The molecule has 22 heavy (non-hydrogen) atoms. The topological polar surface area (TPSA) is 71.0 Å². The lowest BCUT2D eigenvalue weighted by Gasteiger charge is -2.09. The van der Waals surface area contributed by atoms with Gasteiger partial charge in [-0.1, -0.05) is 12.1 Å². The number of phenolic OH excluding ortho intramolecular Hbond substituents is 2. The van der Waals surface area contributed by atoms with Gasteiger partial charge in [0.25, 0.3) is 0 Å². The summed E-state index contributed by atoms with van der Waals surface area (Å²) in [6.07, 6.45) is 0.818. The first kappa shape index (κ1) is 16.0. The quantitative estimate of drug-likeness (QED) is 0.685. The summed E-state index contributed by atoms with van der Waals surface area (Å²) in [4.78, 5) is 0. The molecule has 0 radical (unpaired) electrons. The molecule has 0 aliphatic rings. The predicted octanol–water partition coefficient (Wildman–Crippen LogP) is 2.45. The van der Waals surface area contributed by atoms with Gasteiger partial charge in [0.1, 0.15) is 0 Å². The molecule has 118 valence electrons. The Kier molecular flexibility index (Phi) is 5.49. The number of rotatable bonds is 7. The van der Waals surface area contributed by atoms with Crippen molar-refractivity contribution in [2.45, 2.75) is 13.0 Å². The summed E-state index contributed by atoms with van der Waals surface area (Å²) in [6, 6.07) is 10.7. The van der Waals surface area contributed by atoms with E-state index in [1.165, 1.54) is 14.2 Å². The average Bonchev–Trinajstić information content (AvgIpc) is 2.53. The van der Waals surface area contributed by atoms with E-state index < -0.39 is 0 Å². The highest BCUT2D eigenvalue weighted by Crippen LogP contribution is 2.27. The Labute approximate surface area is 130 Å². The summed E-state index contributed by atoms with van der Waals surface area (Å²) in [6.45, 7) is 1.44. The van der Waals surface area contributed by atoms with E-state index in [1.54, 1.807) is 18.2 Å². The van der Waals surface area contributed by atoms with Crippen molar-refractivity contribution in [3.8, 4) is 23.0 Å². The Morgan fingerprint density at radius 3 is 2.27 bits per heavy atom. The molecule has 0 aliphatic carbocycles. The summed E-state index contributed by atoms with van der Waals surface area (Å²) < 4.78 is 10.1. The summed E-state index contributed by atoms with van der Waals surface area (Å²) in [7, 11) is 3.06. The Morgan fingerprint density at radius 1 is 0.864 bits per heavy atom. The second-order valence-corrected chi connectivity index (χ2v) is 4.94. The van der Waals surface area contributed by atoms with Gasteiger partial charge in [0.05, 0.1) is 14.2 Å². The van der Waals surface area contributed by atoms with Crippen LogP contribution >= 0.6 is 0 Å². The van der Waals surface area contributed by atoms with Gasteiger partial charge in [-0.2, -0.15) is 0 Å². The van der Waals surface area contributed by atoms with Crippen LogP contribution in [0, 0.1) is 0 Å². The number of hydrogen-bond acceptors (Lipinski definition) is 5. The van der Waals surface area contributed by atoms with Gasteiger partial charge in [-0.05, 0) is 48.4 Å². The molecule has 0 saturated carbocycles. The summed E-state index contributed by atoms with van der Waals surface area (Å²) in [5.74, 6) is 1.25. The van der Waals surface area contributed by atoms with Gasteiger partial charge in [0, 0.05) is 6.54 Å². The summed E-state index contributed by atoms with van der Waals surface area (Å²) in [5.41, 5.74) is 2.07. The molecule has 0 fully saturated rings. The van der Waals surface area contributed by atoms with E-state index in [9.17, 15) is 10.2 Å². The Balaban J connectivity index is 1.83. The SMILES string of the molecule is COc1ccc(CNCCc2ccc(O)c(OC)c2)cc1O. The Bertz CT molecular complexity index is 628. The fourth-order valence-electron chi connectivity index (χ4n) is 2.19. The van der Waals surface area contributed by atoms with Crippen LogP contribution in [-0.2, 0) is 13.0 Å². The highest BCUT2D eigenvalue weighted by atomic mass is 16.5. The zero-order chi connectivity index (χ0) is 15.9. The lowest BCUT2D eigenvalue weighted by atomic mass is 10.1. The zero-order valence-electron chi connectivity index (χ0n) is 12.8. The highest BCUT2D eigenvalue weighted by molar-refractivity contribution is 5.42. The van der Waals surface area contributed by atoms with E-state index in [0.717, 1.165) is 24.1 Å². The fraction of sp³-hybridized carbons (Fsp3) is 0.294. The molecule has 0 unspecified atom stereocenters. The maximum atomic E-state index is 9.72. The van der Waals surface area contributed by atoms with Crippen LogP contribution in [0.15, 0.2) is 36.4 Å². The molecule has 3 N–H and O–H groups in total. The van der Waals surface area contributed by atoms with E-state index in [4.69, 9.17) is 9.47 Å². The van der Waals surface area contributed by atoms with Gasteiger partial charge < -0.3 is 25.0 Å². The van der Waals surface area contributed by atoms with Gasteiger partial charge >= 0.3 is 0 Å². The number of phenols is 2. The second kappa shape index (κ2) is 7.56. The molecule has 0 aromatic heterocycles. The van der Waals surface area contributed by atoms with Crippen LogP contribution in [0.25, 0.3) is 0 Å². The first-order valence-corrected chi connectivity index (χ1v) is 7.06. The minimum absolute atomic E-state index is 0.144. The van der Waals surface area contributed by atoms with Crippen LogP contribution in [-0.4, -0.2) is 31.0 Å². The summed E-state index contributed by atoms with van der Waals surface area (Å²) in [5, 5.41) is 22.6. The standard InChI is InChI=1S/C17H21NO4/c1-21-16-6-4-13(9-15(16)20)11-18-8-7-12-3-5-14(19)17(10-12)22-2/h3-6,9-10,18-20H,7-8,11H2,1-2H3. The molecular formula is C17H21NO4. The van der Waals surface area contributed by atoms with Gasteiger partial charge in [-0.3, -0.25) is 0 Å². The molecule has 0 aliphatic heterocycles. The highest BCUT2D eigenvalue weighted by Gasteiger charge is 2.04. The minimum atomic E-state index is 0.144. The molecule has 2 aromatic rings. The van der Waals surface area contributed by atoms with Gasteiger partial charge in [0.2, 0.25) is 0 Å². The van der Waals surface area contributed by atoms with E-state index in [0.29, 0.717) is 18.0 Å². The normalized spacial score (nSPS) is 10.5. The Hall–Kier alpha value is -2.40. The van der Waals surface area contributed by atoms with Crippen LogP contribution < -0.4 is 14.8 Å². The lowest BCUT2D eigenvalue weighted by Crippen LogP contribution is -2.16. The van der Waals surface area contributed by atoms with Crippen molar-refractivity contribution in [1.29, 1.82) is 0 Å². The smallest absolute Gasteiger partial charge is 0.160 e. The number of hydrogen-bond donors (Lipinski definition) is 3. The second-order valence-electron chi connectivity index (χ2n) is 4.94. The van der Waals surface area contributed by atoms with Crippen LogP contribution in [0.1, 0.15) is 11.1 Å². The van der Waals surface area contributed by atoms with E-state index in [2.05, 4.69) is 5.32 Å². The molecule has 0 amide bonds. The molecule has 0 spiro atoms. The molecule has 0 saturated heterocycles. The van der Waals surface area contributed by atoms with Crippen molar-refractivity contribution in [1.82, 2.24) is 5.32 Å². The molecule has 2 aromatic carbocycles. The first-order valence-electron chi connectivity index (χ1n) is 7.06. The number of aromatic hydroxyl groups is 2.